The fourth-order valence-electron chi connectivity index (χ4n) is 0.791. The lowest BCUT2D eigenvalue weighted by molar-refractivity contribution is -0.242. The maximum Gasteiger partial charge on any atom is 0.231 e. The molecule has 0 fully saturated rings. The van der Waals surface area contributed by atoms with Crippen LogP contribution in [0.1, 0.15) is 5.69 Å². The summed E-state index contributed by atoms with van der Waals surface area (Å²) in [5, 5.41) is 12.1. The van der Waals surface area contributed by atoms with Crippen LogP contribution in [-0.4, -0.2) is 23.2 Å². The number of carbonyl (C=O) groups excluding carboxylic acids is 1. The van der Waals surface area contributed by atoms with Gasteiger partial charge in [-0.2, -0.15) is 4.98 Å². The van der Waals surface area contributed by atoms with Crippen LogP contribution in [0.15, 0.2) is 6.07 Å². The lowest BCUT2D eigenvalue weighted by Crippen LogP contribution is -2.29. The monoisotopic (exact) mass is 182 g/mol. The molecule has 1 rings (SSSR count). The number of aromatic nitrogens is 2. The highest BCUT2D eigenvalue weighted by Crippen LogP contribution is 2.10. The highest BCUT2D eigenvalue weighted by atomic mass is 16.5. The highest BCUT2D eigenvalue weighted by molar-refractivity contribution is 5.78. The third kappa shape index (κ3) is 2.58. The van der Waals surface area contributed by atoms with Gasteiger partial charge in [-0.25, -0.2) is 4.98 Å². The zero-order chi connectivity index (χ0) is 9.84. The first-order chi connectivity index (χ1) is 6.11. The highest BCUT2D eigenvalue weighted by Gasteiger charge is 2.00. The lowest BCUT2D eigenvalue weighted by atomic mass is 10.4. The van der Waals surface area contributed by atoms with Gasteiger partial charge < -0.3 is 20.0 Å². The maximum atomic E-state index is 10.1. The van der Waals surface area contributed by atoms with E-state index in [9.17, 15) is 9.90 Å². The Bertz CT molecular complexity index is 327. The first-order valence-electron chi connectivity index (χ1n) is 3.49. The van der Waals surface area contributed by atoms with E-state index in [1.54, 1.807) is 13.0 Å². The van der Waals surface area contributed by atoms with E-state index in [-0.39, 0.29) is 5.95 Å². The minimum Gasteiger partial charge on any atom is -0.530 e. The van der Waals surface area contributed by atoms with Gasteiger partial charge in [-0.1, -0.05) is 0 Å². The Hall–Kier alpha value is -1.85. The Balaban J connectivity index is 2.94. The van der Waals surface area contributed by atoms with Crippen molar-refractivity contribution in [3.63, 3.8) is 0 Å². The third-order valence-electron chi connectivity index (χ3n) is 1.25. The molecule has 1 heterocycles. The first-order valence-corrected chi connectivity index (χ1v) is 3.49. The van der Waals surface area contributed by atoms with Crippen LogP contribution in [0.25, 0.3) is 0 Å². The van der Waals surface area contributed by atoms with Crippen LogP contribution in [0.4, 0.5) is 10.7 Å². The molecule has 0 atom stereocenters. The summed E-state index contributed by atoms with van der Waals surface area (Å²) in [6.07, 6.45) is -1.45. The summed E-state index contributed by atoms with van der Waals surface area (Å²) in [5.41, 5.74) is 0.607. The van der Waals surface area contributed by atoms with E-state index in [1.807, 2.05) is 5.32 Å². The van der Waals surface area contributed by atoms with Gasteiger partial charge in [0.05, 0.1) is 7.11 Å². The summed E-state index contributed by atoms with van der Waals surface area (Å²) in [6, 6.07) is 1.58. The Morgan fingerprint density at radius 1 is 1.62 bits per heavy atom. The van der Waals surface area contributed by atoms with Gasteiger partial charge in [0.15, 0.2) is 0 Å². The summed E-state index contributed by atoms with van der Waals surface area (Å²) >= 11 is 0. The molecular formula is C7H8N3O3-. The van der Waals surface area contributed by atoms with E-state index in [0.717, 1.165) is 0 Å². The Morgan fingerprint density at radius 3 is 2.85 bits per heavy atom. The lowest BCUT2D eigenvalue weighted by Gasteiger charge is -2.06. The molecule has 0 bridgehead atoms. The predicted molar refractivity (Wildman–Crippen MR) is 42.3 cm³/mol. The Labute approximate surface area is 74.6 Å². The van der Waals surface area contributed by atoms with Crippen LogP contribution in [0, 0.1) is 6.92 Å². The molecule has 70 valence electrons. The second kappa shape index (κ2) is 3.70. The molecule has 1 amide bonds. The molecule has 0 spiro atoms. The van der Waals surface area contributed by atoms with E-state index in [0.29, 0.717) is 11.6 Å². The van der Waals surface area contributed by atoms with E-state index >= 15 is 0 Å². The number of aryl methyl sites for hydroxylation is 1. The molecule has 0 saturated carbocycles. The summed E-state index contributed by atoms with van der Waals surface area (Å²) in [5.74, 6) is 0.258. The number of ether oxygens (including phenoxy) is 1. The van der Waals surface area contributed by atoms with Crippen molar-refractivity contribution in [2.75, 3.05) is 12.4 Å². The molecule has 0 aliphatic rings. The van der Waals surface area contributed by atoms with Gasteiger partial charge in [0.2, 0.25) is 11.8 Å². The van der Waals surface area contributed by atoms with E-state index in [2.05, 4.69) is 9.97 Å². The molecule has 0 unspecified atom stereocenters. The van der Waals surface area contributed by atoms with Crippen molar-refractivity contribution < 1.29 is 14.6 Å². The number of amides is 1. The Kier molecular flexibility index (Phi) is 2.63. The van der Waals surface area contributed by atoms with Crippen molar-refractivity contribution in [2.24, 2.45) is 0 Å². The number of carboxylic acid groups (broad SMARTS) is 1. The molecule has 0 aliphatic carbocycles. The van der Waals surface area contributed by atoms with E-state index in [4.69, 9.17) is 4.74 Å². The van der Waals surface area contributed by atoms with Gasteiger partial charge in [-0.15, -0.1) is 0 Å². The Morgan fingerprint density at radius 2 is 2.31 bits per heavy atom. The van der Waals surface area contributed by atoms with Crippen molar-refractivity contribution >= 4 is 12.0 Å². The van der Waals surface area contributed by atoms with Crippen molar-refractivity contribution in [1.29, 1.82) is 0 Å². The van der Waals surface area contributed by atoms with Crippen LogP contribution in [0.3, 0.4) is 0 Å². The number of methoxy groups -OCH3 is 1. The zero-order valence-electron chi connectivity index (χ0n) is 7.20. The molecule has 0 aromatic carbocycles. The zero-order valence-corrected chi connectivity index (χ0v) is 7.20. The second-order valence-corrected chi connectivity index (χ2v) is 2.29. The van der Waals surface area contributed by atoms with Crippen LogP contribution in [-0.2, 0) is 0 Å². The molecule has 1 N–H and O–H groups in total. The van der Waals surface area contributed by atoms with Gasteiger partial charge >= 0.3 is 0 Å². The smallest absolute Gasteiger partial charge is 0.231 e. The number of nitrogens with zero attached hydrogens (tertiary/aromatic N) is 2. The maximum absolute atomic E-state index is 10.1. The molecule has 0 aliphatic heterocycles. The molecule has 0 saturated heterocycles. The molecule has 6 nitrogen and oxygen atoms in total. The van der Waals surface area contributed by atoms with Gasteiger partial charge in [0.1, 0.15) is 6.09 Å². The average molecular weight is 182 g/mol. The largest absolute Gasteiger partial charge is 0.530 e. The van der Waals surface area contributed by atoms with Crippen molar-refractivity contribution in [3.05, 3.63) is 11.8 Å². The van der Waals surface area contributed by atoms with E-state index in [1.165, 1.54) is 7.11 Å². The van der Waals surface area contributed by atoms with Gasteiger partial charge in [-0.05, 0) is 6.92 Å². The van der Waals surface area contributed by atoms with Crippen molar-refractivity contribution in [2.45, 2.75) is 6.92 Å². The summed E-state index contributed by atoms with van der Waals surface area (Å²) in [7, 11) is 1.44. The minimum atomic E-state index is -1.45. The fraction of sp³-hybridized carbons (Fsp3) is 0.286. The normalized spacial score (nSPS) is 9.38. The van der Waals surface area contributed by atoms with Gasteiger partial charge in [-0.3, -0.25) is 0 Å². The number of hydrogen-bond acceptors (Lipinski definition) is 5. The molecule has 0 radical (unpaired) electrons. The second-order valence-electron chi connectivity index (χ2n) is 2.29. The fourth-order valence-corrected chi connectivity index (χ4v) is 0.791. The summed E-state index contributed by atoms with van der Waals surface area (Å²) in [6.45, 7) is 1.70. The van der Waals surface area contributed by atoms with Crippen LogP contribution in [0.2, 0.25) is 0 Å². The van der Waals surface area contributed by atoms with Gasteiger partial charge in [0.25, 0.3) is 0 Å². The average Bonchev–Trinajstić information content (AvgIpc) is 2.01. The molecular weight excluding hydrogens is 174 g/mol. The van der Waals surface area contributed by atoms with Gasteiger partial charge in [0, 0.05) is 11.8 Å². The third-order valence-corrected chi connectivity index (χ3v) is 1.25. The van der Waals surface area contributed by atoms with Crippen LogP contribution >= 0.6 is 0 Å². The minimum absolute atomic E-state index is 0.0446. The number of rotatable bonds is 2. The van der Waals surface area contributed by atoms with E-state index < -0.39 is 6.09 Å². The number of hydrogen-bond donors (Lipinski definition) is 1. The molecule has 1 aromatic rings. The quantitative estimate of drug-likeness (QED) is 0.669. The van der Waals surface area contributed by atoms with Crippen molar-refractivity contribution in [3.8, 4) is 5.88 Å². The first kappa shape index (κ1) is 9.24. The van der Waals surface area contributed by atoms with Crippen LogP contribution < -0.4 is 15.2 Å². The molecule has 13 heavy (non-hydrogen) atoms. The standard InChI is InChI=1S/C7H9N3O3/c1-4-3-5(13-2)9-6(8-4)10-7(11)12/h3H,1-2H3,(H,11,12)(H,8,9,10)/p-1. The van der Waals surface area contributed by atoms with Crippen LogP contribution in [0.5, 0.6) is 5.88 Å². The molecule has 6 heteroatoms. The summed E-state index contributed by atoms with van der Waals surface area (Å²) in [4.78, 5) is 17.7. The number of nitrogens with one attached hydrogen (secondary N) is 1. The SMILES string of the molecule is COc1cc(C)nc(NC(=O)[O-])n1. The number of carbonyl (C=O) groups is 1. The molecule has 1 aromatic heterocycles. The van der Waals surface area contributed by atoms with Crippen molar-refractivity contribution in [1.82, 2.24) is 9.97 Å². The predicted octanol–water partition coefficient (Wildman–Crippen LogP) is -0.451. The topological polar surface area (TPSA) is 87.2 Å². The number of anilines is 1. The summed E-state index contributed by atoms with van der Waals surface area (Å²) < 4.78 is 4.81.